The first-order valence-electron chi connectivity index (χ1n) is 16.6. The van der Waals surface area contributed by atoms with Gasteiger partial charge in [0.15, 0.2) is 0 Å². The Hall–Kier alpha value is -4.14. The predicted molar refractivity (Wildman–Crippen MR) is 221 cm³/mol. The molecule has 51 heavy (non-hydrogen) atoms. The molecule has 8 rings (SSSR count). The quantitative estimate of drug-likeness (QED) is 0.150. The molecule has 2 N–H and O–H groups in total. The fourth-order valence-electron chi connectivity index (χ4n) is 6.95. The van der Waals surface area contributed by atoms with E-state index in [0.29, 0.717) is 0 Å². The Bertz CT molecular complexity index is 2400. The molecule has 2 heterocycles. The lowest BCUT2D eigenvalue weighted by atomic mass is 9.78. The molecule has 0 bridgehead atoms. The molecular formula is C45H32Br2O2S2. The zero-order chi connectivity index (χ0) is 35.2. The van der Waals surface area contributed by atoms with Crippen LogP contribution in [0.1, 0.15) is 38.9 Å². The van der Waals surface area contributed by atoms with Crippen molar-refractivity contribution in [1.82, 2.24) is 0 Å². The first-order chi connectivity index (χ1) is 24.7. The third kappa shape index (κ3) is 6.14. The van der Waals surface area contributed by atoms with Crippen molar-refractivity contribution in [2.45, 2.75) is 18.1 Å². The number of thiophene rings is 2. The molecule has 6 aromatic carbocycles. The zero-order valence-corrected chi connectivity index (χ0v) is 32.4. The molecule has 0 saturated carbocycles. The van der Waals surface area contributed by atoms with Crippen LogP contribution in [0.3, 0.4) is 0 Å². The van der Waals surface area contributed by atoms with Crippen molar-refractivity contribution in [2.24, 2.45) is 0 Å². The van der Waals surface area contributed by atoms with E-state index < -0.39 is 11.2 Å². The van der Waals surface area contributed by atoms with E-state index in [1.165, 1.54) is 0 Å². The Morgan fingerprint density at radius 3 is 1.16 bits per heavy atom. The van der Waals surface area contributed by atoms with Crippen LogP contribution in [0.25, 0.3) is 30.3 Å². The monoisotopic (exact) mass is 826 g/mol. The van der Waals surface area contributed by atoms with E-state index in [1.54, 1.807) is 22.7 Å². The second kappa shape index (κ2) is 13.8. The summed E-state index contributed by atoms with van der Waals surface area (Å²) >= 11 is 10.8. The van der Waals surface area contributed by atoms with Gasteiger partial charge in [0.25, 0.3) is 0 Å². The number of aryl methyl sites for hydroxylation is 1. The molecule has 0 aliphatic carbocycles. The highest BCUT2D eigenvalue weighted by molar-refractivity contribution is 9.10. The molecule has 0 aliphatic rings. The Balaban J connectivity index is 1.27. The molecule has 1 unspecified atom stereocenters. The van der Waals surface area contributed by atoms with E-state index in [9.17, 15) is 10.2 Å². The van der Waals surface area contributed by atoms with E-state index in [4.69, 9.17) is 0 Å². The van der Waals surface area contributed by atoms with Gasteiger partial charge in [-0.25, -0.2) is 0 Å². The van der Waals surface area contributed by atoms with E-state index in [0.717, 1.165) is 78.2 Å². The normalized spacial score (nSPS) is 13.0. The summed E-state index contributed by atoms with van der Waals surface area (Å²) in [7, 11) is 0. The minimum Gasteiger partial charge on any atom is -0.376 e. The molecule has 2 nitrogen and oxygen atoms in total. The van der Waals surface area contributed by atoms with E-state index >= 15 is 0 Å². The maximum absolute atomic E-state index is 12.9. The molecule has 0 spiro atoms. The van der Waals surface area contributed by atoms with Crippen LogP contribution in [-0.2, 0) is 11.2 Å². The second-order valence-corrected chi connectivity index (χ2v) is 16.7. The average Bonchev–Trinajstić information content (AvgIpc) is 3.75. The third-order valence-electron chi connectivity index (χ3n) is 9.52. The van der Waals surface area contributed by atoms with Crippen molar-refractivity contribution in [3.63, 3.8) is 0 Å². The highest BCUT2D eigenvalue weighted by atomic mass is 79.9. The first kappa shape index (κ1) is 34.0. The molecule has 0 fully saturated rings. The summed E-state index contributed by atoms with van der Waals surface area (Å²) in [4.78, 5) is 2.15. The van der Waals surface area contributed by atoms with Gasteiger partial charge in [-0.05, 0) is 76.7 Å². The Morgan fingerprint density at radius 1 is 0.431 bits per heavy atom. The summed E-state index contributed by atoms with van der Waals surface area (Å²) in [6, 6.07) is 54.7. The summed E-state index contributed by atoms with van der Waals surface area (Å²) in [5, 5.41) is 25.7. The number of aliphatic hydroxyl groups is 2. The van der Waals surface area contributed by atoms with Crippen molar-refractivity contribution in [2.75, 3.05) is 0 Å². The van der Waals surface area contributed by atoms with Crippen LogP contribution in [0.15, 0.2) is 173 Å². The van der Waals surface area contributed by atoms with Crippen LogP contribution >= 0.6 is 54.5 Å². The molecule has 6 heteroatoms. The molecule has 0 aliphatic heterocycles. The Kier molecular flexibility index (Phi) is 9.17. The molecule has 0 amide bonds. The number of fused-ring (bicyclic) bond motifs is 1. The summed E-state index contributed by atoms with van der Waals surface area (Å²) in [6.45, 7) is 2.06. The van der Waals surface area contributed by atoms with Crippen LogP contribution in [0, 0.1) is 6.92 Å². The lowest BCUT2D eigenvalue weighted by Gasteiger charge is -2.32. The number of hydrogen-bond acceptors (Lipinski definition) is 4. The zero-order valence-electron chi connectivity index (χ0n) is 27.6. The maximum Gasteiger partial charge on any atom is 0.141 e. The lowest BCUT2D eigenvalue weighted by Crippen LogP contribution is -2.29. The van der Waals surface area contributed by atoms with Crippen LogP contribution in [0.5, 0.6) is 0 Å². The van der Waals surface area contributed by atoms with Crippen LogP contribution in [0.4, 0.5) is 0 Å². The lowest BCUT2D eigenvalue weighted by molar-refractivity contribution is 0.126. The van der Waals surface area contributed by atoms with E-state index in [-0.39, 0.29) is 0 Å². The first-order valence-corrected chi connectivity index (χ1v) is 19.8. The average molecular weight is 829 g/mol. The van der Waals surface area contributed by atoms with Crippen molar-refractivity contribution >= 4 is 63.9 Å². The van der Waals surface area contributed by atoms with Crippen LogP contribution in [-0.4, -0.2) is 10.2 Å². The predicted octanol–water partition coefficient (Wildman–Crippen LogP) is 12.7. The largest absolute Gasteiger partial charge is 0.376 e. The molecule has 250 valence electrons. The molecule has 2 aromatic heterocycles. The van der Waals surface area contributed by atoms with Crippen molar-refractivity contribution < 1.29 is 10.2 Å². The summed E-state index contributed by atoms with van der Waals surface area (Å²) in [5.41, 5.74) is 5.17. The van der Waals surface area contributed by atoms with Crippen molar-refractivity contribution in [1.29, 1.82) is 0 Å². The van der Waals surface area contributed by atoms with Gasteiger partial charge in [0.1, 0.15) is 11.2 Å². The van der Waals surface area contributed by atoms with Gasteiger partial charge in [-0.15, -0.1) is 22.7 Å². The molecule has 0 radical (unpaired) electrons. The van der Waals surface area contributed by atoms with Crippen molar-refractivity contribution in [3.05, 3.63) is 212 Å². The van der Waals surface area contributed by atoms with Gasteiger partial charge in [-0.2, -0.15) is 0 Å². The fraction of sp³-hybridized carbons (Fsp3) is 0.0667. The third-order valence-corrected chi connectivity index (χ3v) is 12.9. The van der Waals surface area contributed by atoms with Gasteiger partial charge in [0.05, 0.1) is 0 Å². The van der Waals surface area contributed by atoms with Crippen LogP contribution < -0.4 is 0 Å². The SMILES string of the molecule is Cc1ccc(C(O)(c2ccccc2)c2cc(Br)ccc2-c2cc3sc(-c4ccc(Br)cc4C(O)(c4ccccc4)c4ccccc4)cc3s2)cc1. The summed E-state index contributed by atoms with van der Waals surface area (Å²) < 4.78 is 4.09. The minimum atomic E-state index is -1.39. The maximum atomic E-state index is 12.9. The van der Waals surface area contributed by atoms with Gasteiger partial charge in [-0.1, -0.05) is 165 Å². The van der Waals surface area contributed by atoms with Crippen LogP contribution in [0.2, 0.25) is 0 Å². The van der Waals surface area contributed by atoms with E-state index in [2.05, 4.69) is 75.2 Å². The Morgan fingerprint density at radius 2 is 0.784 bits per heavy atom. The summed E-state index contributed by atoms with van der Waals surface area (Å²) in [6.07, 6.45) is 0. The molecule has 1 atom stereocenters. The second-order valence-electron chi connectivity index (χ2n) is 12.7. The molecule has 0 saturated heterocycles. The fourth-order valence-corrected chi connectivity index (χ4v) is 10.1. The smallest absolute Gasteiger partial charge is 0.141 e. The van der Waals surface area contributed by atoms with Crippen molar-refractivity contribution in [3.8, 4) is 20.9 Å². The Labute approximate surface area is 322 Å². The standard InChI is InChI=1S/C45H32Br2O2S2/c1-29-17-19-33(20-18-29)45(49,32-15-9-4-10-16-32)39-26-35(47)22-24-37(39)41-28-43-42(51-41)27-40(50-43)36-23-21-34(46)25-38(36)44(48,30-11-5-2-6-12-30)31-13-7-3-8-14-31/h2-28,48-49H,1H3. The minimum absolute atomic E-state index is 0.804. The highest BCUT2D eigenvalue weighted by Gasteiger charge is 2.38. The van der Waals surface area contributed by atoms with Gasteiger partial charge in [0.2, 0.25) is 0 Å². The van der Waals surface area contributed by atoms with Gasteiger partial charge in [-0.3, -0.25) is 0 Å². The molecular weight excluding hydrogens is 796 g/mol. The number of benzene rings is 6. The van der Waals surface area contributed by atoms with Gasteiger partial charge >= 0.3 is 0 Å². The topological polar surface area (TPSA) is 40.5 Å². The van der Waals surface area contributed by atoms with E-state index in [1.807, 2.05) is 127 Å². The summed E-state index contributed by atoms with van der Waals surface area (Å²) in [5.74, 6) is 0. The van der Waals surface area contributed by atoms with Gasteiger partial charge in [0, 0.05) is 39.2 Å². The number of hydrogen-bond donors (Lipinski definition) is 2. The number of halogens is 2. The highest BCUT2D eigenvalue weighted by Crippen LogP contribution is 2.49. The molecule has 8 aromatic rings. The number of rotatable bonds is 8. The van der Waals surface area contributed by atoms with Gasteiger partial charge < -0.3 is 10.2 Å².